The molecule has 0 aliphatic heterocycles. The Morgan fingerprint density at radius 2 is 2.08 bits per heavy atom. The molecular formula is C6H14N2O4S. The van der Waals surface area contributed by atoms with Crippen LogP contribution in [0.2, 0.25) is 0 Å². The van der Waals surface area contributed by atoms with Crippen LogP contribution in [0.5, 0.6) is 0 Å². The molecule has 0 aromatic carbocycles. The van der Waals surface area contributed by atoms with Gasteiger partial charge >= 0.3 is 10.4 Å². The van der Waals surface area contributed by atoms with Crippen LogP contribution in [-0.2, 0) is 14.6 Å². The standard InChI is InChI=1S/C6H14N2O4S/c7-5-3-1-2-4-6(5,8)12-13(9,10)11/h5H,1-4,7-8H2,(H,9,10,11)/t5-,6+/m1/s1. The van der Waals surface area contributed by atoms with E-state index < -0.39 is 22.2 Å². The van der Waals surface area contributed by atoms with E-state index in [9.17, 15) is 8.42 Å². The lowest BCUT2D eigenvalue weighted by atomic mass is 9.88. The molecule has 0 radical (unpaired) electrons. The van der Waals surface area contributed by atoms with E-state index in [1.807, 2.05) is 0 Å². The van der Waals surface area contributed by atoms with Crippen molar-refractivity contribution in [3.05, 3.63) is 0 Å². The summed E-state index contributed by atoms with van der Waals surface area (Å²) in [5, 5.41) is 0. The molecule has 0 heterocycles. The summed E-state index contributed by atoms with van der Waals surface area (Å²) in [6.45, 7) is 0. The molecule has 7 heteroatoms. The van der Waals surface area contributed by atoms with Crippen molar-refractivity contribution in [2.45, 2.75) is 37.5 Å². The lowest BCUT2D eigenvalue weighted by molar-refractivity contribution is 0.0132. The molecule has 1 aliphatic rings. The second-order valence-electron chi connectivity index (χ2n) is 3.32. The van der Waals surface area contributed by atoms with Crippen LogP contribution in [0.4, 0.5) is 0 Å². The van der Waals surface area contributed by atoms with Crippen LogP contribution in [0.25, 0.3) is 0 Å². The van der Waals surface area contributed by atoms with Gasteiger partial charge < -0.3 is 11.5 Å². The first-order valence-electron chi connectivity index (χ1n) is 4.06. The van der Waals surface area contributed by atoms with E-state index in [2.05, 4.69) is 4.18 Å². The van der Waals surface area contributed by atoms with Gasteiger partial charge in [0.05, 0.1) is 0 Å². The Hall–Kier alpha value is -0.210. The Morgan fingerprint density at radius 1 is 1.46 bits per heavy atom. The maximum absolute atomic E-state index is 10.4. The summed E-state index contributed by atoms with van der Waals surface area (Å²) in [5.41, 5.74) is 9.76. The fourth-order valence-corrected chi connectivity index (χ4v) is 2.09. The van der Waals surface area contributed by atoms with Crippen LogP contribution < -0.4 is 11.5 Å². The minimum Gasteiger partial charge on any atom is -0.324 e. The summed E-state index contributed by atoms with van der Waals surface area (Å²) in [5.74, 6) is 0. The molecule has 13 heavy (non-hydrogen) atoms. The first-order valence-corrected chi connectivity index (χ1v) is 5.42. The van der Waals surface area contributed by atoms with Gasteiger partial charge in [-0.2, -0.15) is 8.42 Å². The molecule has 0 amide bonds. The van der Waals surface area contributed by atoms with Crippen molar-refractivity contribution in [3.63, 3.8) is 0 Å². The zero-order valence-electron chi connectivity index (χ0n) is 7.14. The average Bonchev–Trinajstić information content (AvgIpc) is 1.92. The fourth-order valence-electron chi connectivity index (χ4n) is 1.49. The number of hydrogen-bond donors (Lipinski definition) is 3. The molecule has 1 saturated carbocycles. The van der Waals surface area contributed by atoms with Gasteiger partial charge in [-0.25, -0.2) is 4.18 Å². The van der Waals surface area contributed by atoms with Crippen molar-refractivity contribution < 1.29 is 17.2 Å². The van der Waals surface area contributed by atoms with E-state index in [0.29, 0.717) is 12.8 Å². The molecule has 1 aliphatic carbocycles. The topological polar surface area (TPSA) is 116 Å². The van der Waals surface area contributed by atoms with E-state index in [-0.39, 0.29) is 0 Å². The van der Waals surface area contributed by atoms with Gasteiger partial charge in [-0.05, 0) is 19.3 Å². The predicted molar refractivity (Wildman–Crippen MR) is 46.0 cm³/mol. The minimum absolute atomic E-state index is 0.341. The van der Waals surface area contributed by atoms with E-state index in [1.165, 1.54) is 0 Å². The third-order valence-corrected chi connectivity index (χ3v) is 2.74. The Labute approximate surface area is 77.2 Å². The lowest BCUT2D eigenvalue weighted by Gasteiger charge is -2.36. The maximum Gasteiger partial charge on any atom is 0.399 e. The van der Waals surface area contributed by atoms with E-state index in [1.54, 1.807) is 0 Å². The summed E-state index contributed by atoms with van der Waals surface area (Å²) in [6, 6.07) is -0.553. The summed E-state index contributed by atoms with van der Waals surface area (Å²) < 4.78 is 33.7. The van der Waals surface area contributed by atoms with Crippen molar-refractivity contribution in [1.82, 2.24) is 0 Å². The highest BCUT2D eigenvalue weighted by Crippen LogP contribution is 2.27. The van der Waals surface area contributed by atoms with Crippen LogP contribution >= 0.6 is 0 Å². The number of nitrogens with two attached hydrogens (primary N) is 2. The zero-order chi connectivity index (χ0) is 10.1. The van der Waals surface area contributed by atoms with Crippen LogP contribution in [0, 0.1) is 0 Å². The van der Waals surface area contributed by atoms with Crippen molar-refractivity contribution in [1.29, 1.82) is 0 Å². The van der Waals surface area contributed by atoms with E-state index >= 15 is 0 Å². The Kier molecular flexibility index (Phi) is 2.93. The molecular weight excluding hydrogens is 196 g/mol. The highest BCUT2D eigenvalue weighted by atomic mass is 32.3. The highest BCUT2D eigenvalue weighted by molar-refractivity contribution is 7.80. The Balaban J connectivity index is 2.73. The SMILES string of the molecule is N[C@@H]1CCCC[C@]1(N)OS(=O)(=O)O. The first-order chi connectivity index (χ1) is 5.83. The van der Waals surface area contributed by atoms with Crippen LogP contribution in [0.3, 0.4) is 0 Å². The molecule has 0 spiro atoms. The third-order valence-electron chi connectivity index (χ3n) is 2.22. The lowest BCUT2D eigenvalue weighted by Crippen LogP contribution is -2.59. The maximum atomic E-state index is 10.4. The summed E-state index contributed by atoms with van der Waals surface area (Å²) in [6.07, 6.45) is 2.59. The second kappa shape index (κ2) is 3.50. The Bertz CT molecular complexity index is 278. The molecule has 0 bridgehead atoms. The van der Waals surface area contributed by atoms with E-state index in [4.69, 9.17) is 16.0 Å². The zero-order valence-corrected chi connectivity index (χ0v) is 7.96. The quantitative estimate of drug-likeness (QED) is 0.412. The van der Waals surface area contributed by atoms with Crippen molar-refractivity contribution in [2.24, 2.45) is 11.5 Å². The second-order valence-corrected chi connectivity index (χ2v) is 4.34. The molecule has 5 N–H and O–H groups in total. The minimum atomic E-state index is -4.52. The molecule has 1 fully saturated rings. The average molecular weight is 210 g/mol. The molecule has 78 valence electrons. The fraction of sp³-hybridized carbons (Fsp3) is 1.00. The van der Waals surface area contributed by atoms with Crippen LogP contribution in [-0.4, -0.2) is 24.7 Å². The molecule has 0 unspecified atom stereocenters. The van der Waals surface area contributed by atoms with Crippen molar-refractivity contribution >= 4 is 10.4 Å². The number of hydrogen-bond acceptors (Lipinski definition) is 5. The monoisotopic (exact) mass is 210 g/mol. The van der Waals surface area contributed by atoms with Gasteiger partial charge in [-0.15, -0.1) is 0 Å². The van der Waals surface area contributed by atoms with Gasteiger partial charge in [-0.1, -0.05) is 6.42 Å². The smallest absolute Gasteiger partial charge is 0.324 e. The van der Waals surface area contributed by atoms with E-state index in [0.717, 1.165) is 12.8 Å². The molecule has 0 saturated heterocycles. The van der Waals surface area contributed by atoms with Gasteiger partial charge in [0, 0.05) is 6.04 Å². The molecule has 1 rings (SSSR count). The first kappa shape index (κ1) is 10.9. The summed E-state index contributed by atoms with van der Waals surface area (Å²) >= 11 is 0. The summed E-state index contributed by atoms with van der Waals surface area (Å²) in [7, 11) is -4.52. The summed E-state index contributed by atoms with van der Waals surface area (Å²) in [4.78, 5) is 0. The predicted octanol–water partition coefficient (Wildman–Crippen LogP) is -0.638. The van der Waals surface area contributed by atoms with Gasteiger partial charge in [0.15, 0.2) is 5.72 Å². The largest absolute Gasteiger partial charge is 0.399 e. The highest BCUT2D eigenvalue weighted by Gasteiger charge is 2.39. The molecule has 6 nitrogen and oxygen atoms in total. The molecule has 0 aromatic heterocycles. The van der Waals surface area contributed by atoms with Crippen LogP contribution in [0.1, 0.15) is 25.7 Å². The Morgan fingerprint density at radius 3 is 2.54 bits per heavy atom. The van der Waals surface area contributed by atoms with Crippen LogP contribution in [0.15, 0.2) is 0 Å². The molecule has 0 aromatic rings. The molecule has 2 atom stereocenters. The van der Waals surface area contributed by atoms with Gasteiger partial charge in [0.25, 0.3) is 0 Å². The van der Waals surface area contributed by atoms with Crippen molar-refractivity contribution in [2.75, 3.05) is 0 Å². The van der Waals surface area contributed by atoms with Gasteiger partial charge in [0.1, 0.15) is 0 Å². The third kappa shape index (κ3) is 2.89. The normalized spacial score (nSPS) is 36.1. The van der Waals surface area contributed by atoms with Gasteiger partial charge in [-0.3, -0.25) is 4.55 Å². The van der Waals surface area contributed by atoms with Gasteiger partial charge in [0.2, 0.25) is 0 Å². The van der Waals surface area contributed by atoms with Crippen molar-refractivity contribution in [3.8, 4) is 0 Å². The number of rotatable bonds is 2.